The summed E-state index contributed by atoms with van der Waals surface area (Å²) in [4.78, 5) is 41.2. The Bertz CT molecular complexity index is 1800. The summed E-state index contributed by atoms with van der Waals surface area (Å²) in [5.41, 5.74) is 9.55. The minimum Gasteiger partial charge on any atom is -0.444 e. The van der Waals surface area contributed by atoms with Crippen molar-refractivity contribution < 1.29 is 37.7 Å². The number of fused-ring (bicyclic) bond motifs is 2. The monoisotopic (exact) mass is 757 g/mol. The molecule has 0 unspecified atom stereocenters. The van der Waals surface area contributed by atoms with Gasteiger partial charge < -0.3 is 39.8 Å². The van der Waals surface area contributed by atoms with Crippen molar-refractivity contribution in [3.63, 3.8) is 0 Å². The van der Waals surface area contributed by atoms with E-state index in [1.54, 1.807) is 40.5 Å². The van der Waals surface area contributed by atoms with Gasteiger partial charge in [0, 0.05) is 57.0 Å². The fourth-order valence-corrected chi connectivity index (χ4v) is 6.40. The lowest BCUT2D eigenvalue weighted by Crippen LogP contribution is -2.42. The average molecular weight is 758 g/mol. The van der Waals surface area contributed by atoms with E-state index in [-0.39, 0.29) is 24.5 Å². The standard InChI is InChI=1S/C25H36FN5O5.C12H20N4O2/c1-14-11-17(12-15(2)21(14)26)31-22(28-23(32)27-13-19(34-7)35-8)20-16(3)30(10-9-18(20)29-31)24(33)36-25(4,5)6;1-7-9-8(14-15-10(9)13)5-6-16(7)11(17)18-12(2,3)4/h11-12,16,19H,9-10,13H2,1-8H3,(H2,27,28,32);7H,5-6H2,1-4H3,(H3,13,14,15)/t16-;7-/m00/s1. The van der Waals surface area contributed by atoms with Gasteiger partial charge in [0.05, 0.1) is 30.0 Å². The average Bonchev–Trinajstić information content (AvgIpc) is 3.63. The van der Waals surface area contributed by atoms with Crippen LogP contribution in [0.25, 0.3) is 5.69 Å². The minimum absolute atomic E-state index is 0.109. The predicted octanol–water partition coefficient (Wildman–Crippen LogP) is 6.07. The molecule has 0 saturated heterocycles. The zero-order valence-electron chi connectivity index (χ0n) is 33.5. The van der Waals surface area contributed by atoms with Gasteiger partial charge in [0.2, 0.25) is 0 Å². The van der Waals surface area contributed by atoms with Crippen molar-refractivity contribution in [3.05, 3.63) is 51.6 Å². The van der Waals surface area contributed by atoms with Crippen LogP contribution in [0.2, 0.25) is 0 Å². The smallest absolute Gasteiger partial charge is 0.410 e. The fraction of sp³-hybridized carbons (Fsp3) is 0.595. The van der Waals surface area contributed by atoms with Crippen LogP contribution in [-0.4, -0.2) is 99.3 Å². The van der Waals surface area contributed by atoms with Crippen LogP contribution >= 0.6 is 0 Å². The first-order chi connectivity index (χ1) is 25.1. The summed E-state index contributed by atoms with van der Waals surface area (Å²) in [5.74, 6) is 0.559. The normalized spacial score (nSPS) is 16.9. The van der Waals surface area contributed by atoms with Gasteiger partial charge >= 0.3 is 18.2 Å². The van der Waals surface area contributed by atoms with Gasteiger partial charge in [-0.25, -0.2) is 23.5 Å². The molecule has 54 heavy (non-hydrogen) atoms. The van der Waals surface area contributed by atoms with Gasteiger partial charge in [-0.05, 0) is 92.5 Å². The molecule has 0 saturated carbocycles. The highest BCUT2D eigenvalue weighted by molar-refractivity contribution is 5.90. The number of hydrogen-bond donors (Lipinski definition) is 4. The highest BCUT2D eigenvalue weighted by Crippen LogP contribution is 2.38. The quantitative estimate of drug-likeness (QED) is 0.215. The van der Waals surface area contributed by atoms with E-state index < -0.39 is 35.7 Å². The Hall–Kier alpha value is -4.90. The number of halogens is 1. The number of carbonyl (C=O) groups excluding carboxylic acids is 3. The Morgan fingerprint density at radius 3 is 1.96 bits per heavy atom. The topological polar surface area (TPSA) is 191 Å². The molecule has 2 atom stereocenters. The van der Waals surface area contributed by atoms with Crippen molar-refractivity contribution >= 4 is 29.9 Å². The zero-order valence-corrected chi connectivity index (χ0v) is 33.5. The molecule has 16 nitrogen and oxygen atoms in total. The molecule has 2 aromatic heterocycles. The SMILES string of the molecule is COC(CNC(=O)Nc1c2c(nn1-c1cc(C)c(F)c(C)c1)CCN(C(=O)OC(C)(C)C)[C@H]2C)OC.C[C@H]1c2c(N)n[nH]c2CCN1C(=O)OC(C)(C)C. The number of benzene rings is 1. The predicted molar refractivity (Wildman–Crippen MR) is 201 cm³/mol. The zero-order chi connectivity index (χ0) is 40.3. The first-order valence-corrected chi connectivity index (χ1v) is 18.0. The van der Waals surface area contributed by atoms with Gasteiger partial charge in [-0.15, -0.1) is 0 Å². The number of anilines is 2. The maximum absolute atomic E-state index is 14.4. The summed E-state index contributed by atoms with van der Waals surface area (Å²) < 4.78 is 37.2. The van der Waals surface area contributed by atoms with Gasteiger partial charge in [0.25, 0.3) is 0 Å². The molecule has 1 aromatic carbocycles. The molecule has 5 rings (SSSR count). The largest absolute Gasteiger partial charge is 0.444 e. The van der Waals surface area contributed by atoms with Crippen LogP contribution in [0.5, 0.6) is 0 Å². The Morgan fingerprint density at radius 2 is 1.44 bits per heavy atom. The lowest BCUT2D eigenvalue weighted by molar-refractivity contribution is -0.0970. The van der Waals surface area contributed by atoms with Gasteiger partial charge in [0.15, 0.2) is 12.1 Å². The maximum atomic E-state index is 14.4. The van der Waals surface area contributed by atoms with Crippen molar-refractivity contribution in [1.82, 2.24) is 35.1 Å². The molecule has 0 fully saturated rings. The number of carbonyl (C=O) groups is 3. The van der Waals surface area contributed by atoms with Crippen LogP contribution in [0, 0.1) is 19.7 Å². The molecule has 5 N–H and O–H groups in total. The summed E-state index contributed by atoms with van der Waals surface area (Å²) in [6.45, 7) is 19.3. The molecule has 3 aromatic rings. The molecule has 0 aliphatic carbocycles. The number of aromatic nitrogens is 4. The number of nitrogens with zero attached hydrogens (tertiary/aromatic N) is 5. The summed E-state index contributed by atoms with van der Waals surface area (Å²) in [6.07, 6.45) is -0.167. The van der Waals surface area contributed by atoms with E-state index in [0.29, 0.717) is 53.5 Å². The molecule has 0 radical (unpaired) electrons. The van der Waals surface area contributed by atoms with Crippen molar-refractivity contribution in [2.24, 2.45) is 0 Å². The van der Waals surface area contributed by atoms with Crippen LogP contribution in [0.15, 0.2) is 12.1 Å². The van der Waals surface area contributed by atoms with E-state index >= 15 is 0 Å². The molecule has 4 heterocycles. The van der Waals surface area contributed by atoms with Crippen LogP contribution in [0.1, 0.15) is 101 Å². The summed E-state index contributed by atoms with van der Waals surface area (Å²) in [7, 11) is 2.96. The number of urea groups is 1. The number of nitrogens with two attached hydrogens (primary N) is 1. The molecule has 17 heteroatoms. The Kier molecular flexibility index (Phi) is 12.9. The first-order valence-electron chi connectivity index (χ1n) is 18.0. The van der Waals surface area contributed by atoms with E-state index in [0.717, 1.165) is 23.4 Å². The van der Waals surface area contributed by atoms with Crippen LogP contribution in [0.4, 0.5) is 30.4 Å². The third-order valence-corrected chi connectivity index (χ3v) is 8.98. The Balaban J connectivity index is 0.000000301. The summed E-state index contributed by atoms with van der Waals surface area (Å²) >= 11 is 0. The fourth-order valence-electron chi connectivity index (χ4n) is 6.40. The maximum Gasteiger partial charge on any atom is 0.410 e. The number of nitrogens with one attached hydrogen (secondary N) is 3. The number of ether oxygens (including phenoxy) is 4. The number of amides is 4. The van der Waals surface area contributed by atoms with Crippen molar-refractivity contribution in [3.8, 4) is 5.69 Å². The molecule has 2 aliphatic rings. The van der Waals surface area contributed by atoms with Gasteiger partial charge in [-0.2, -0.15) is 10.2 Å². The number of aryl methyl sites for hydroxylation is 2. The third kappa shape index (κ3) is 9.79. The molecular formula is C37H56FN9O7. The minimum atomic E-state index is -0.648. The number of aromatic amines is 1. The Labute approximate surface area is 316 Å². The van der Waals surface area contributed by atoms with Crippen molar-refractivity contribution in [1.29, 1.82) is 0 Å². The highest BCUT2D eigenvalue weighted by Gasteiger charge is 2.37. The second kappa shape index (κ2) is 16.6. The van der Waals surface area contributed by atoms with Crippen LogP contribution < -0.4 is 16.4 Å². The van der Waals surface area contributed by atoms with Gasteiger partial charge in [-0.3, -0.25) is 10.4 Å². The second-order valence-corrected chi connectivity index (χ2v) is 15.5. The number of H-pyrrole nitrogens is 1. The second-order valence-electron chi connectivity index (χ2n) is 15.5. The molecule has 2 aliphatic heterocycles. The van der Waals surface area contributed by atoms with E-state index in [4.69, 9.17) is 29.8 Å². The number of nitrogen functional groups attached to an aromatic ring is 1. The Morgan fingerprint density at radius 1 is 0.926 bits per heavy atom. The van der Waals surface area contributed by atoms with Crippen molar-refractivity contribution in [2.75, 3.05) is 44.9 Å². The number of rotatable bonds is 6. The number of hydrogen-bond acceptors (Lipinski definition) is 10. The molecule has 0 bridgehead atoms. The number of methoxy groups -OCH3 is 2. The van der Waals surface area contributed by atoms with Crippen LogP contribution in [-0.2, 0) is 31.8 Å². The molecule has 0 spiro atoms. The first kappa shape index (κ1) is 41.9. The van der Waals surface area contributed by atoms with E-state index in [1.807, 2.05) is 55.4 Å². The summed E-state index contributed by atoms with van der Waals surface area (Å²) in [6, 6.07) is 2.30. The lowest BCUT2D eigenvalue weighted by Gasteiger charge is -2.34. The molecular weight excluding hydrogens is 701 g/mol. The highest BCUT2D eigenvalue weighted by atomic mass is 19.1. The van der Waals surface area contributed by atoms with E-state index in [9.17, 15) is 18.8 Å². The van der Waals surface area contributed by atoms with Gasteiger partial charge in [0.1, 0.15) is 22.8 Å². The molecule has 298 valence electrons. The van der Waals surface area contributed by atoms with E-state index in [1.165, 1.54) is 14.2 Å². The van der Waals surface area contributed by atoms with Gasteiger partial charge in [-0.1, -0.05) is 0 Å². The molecule has 4 amide bonds. The third-order valence-electron chi connectivity index (χ3n) is 8.98. The summed E-state index contributed by atoms with van der Waals surface area (Å²) in [5, 5.41) is 17.3. The van der Waals surface area contributed by atoms with Crippen LogP contribution in [0.3, 0.4) is 0 Å². The van der Waals surface area contributed by atoms with Crippen molar-refractivity contribution in [2.45, 2.75) is 112 Å². The van der Waals surface area contributed by atoms with E-state index in [2.05, 4.69) is 20.8 Å². The lowest BCUT2D eigenvalue weighted by atomic mass is 10.00.